The van der Waals surface area contributed by atoms with Crippen molar-refractivity contribution in [2.45, 2.75) is 63.1 Å². The molecule has 0 heterocycles. The highest BCUT2D eigenvalue weighted by atomic mass is 16.4. The second-order valence-electron chi connectivity index (χ2n) is 9.62. The quantitative estimate of drug-likeness (QED) is 0.121. The van der Waals surface area contributed by atoms with Gasteiger partial charge in [0.15, 0.2) is 6.04 Å². The minimum Gasteiger partial charge on any atom is -0.480 e. The molecule has 0 bridgehead atoms. The number of aliphatic hydroxyl groups excluding tert-OH is 2. The fourth-order valence-electron chi connectivity index (χ4n) is 3.85. The molecule has 0 aromatic heterocycles. The summed E-state index contributed by atoms with van der Waals surface area (Å²) in [6.45, 7) is 1.74. The molecule has 0 fully saturated rings. The smallest absolute Gasteiger partial charge is 0.328 e. The predicted octanol–water partition coefficient (Wildman–Crippen LogP) is -1.78. The molecule has 0 aliphatic heterocycles. The average Bonchev–Trinajstić information content (AvgIpc) is 2.93. The van der Waals surface area contributed by atoms with Gasteiger partial charge in [0, 0.05) is 6.42 Å². The van der Waals surface area contributed by atoms with E-state index in [0.717, 1.165) is 18.1 Å². The van der Waals surface area contributed by atoms with Crippen LogP contribution in [0.1, 0.15) is 25.0 Å². The maximum atomic E-state index is 13.0. The molecule has 13 heteroatoms. The number of nitrogens with one attached hydrogen (secondary N) is 4. The molecule has 13 nitrogen and oxygen atoms in total. The Kier molecular flexibility index (Phi) is 12.9. The molecule has 0 unspecified atom stereocenters. The van der Waals surface area contributed by atoms with Gasteiger partial charge in [0.05, 0.1) is 24.8 Å². The molecule has 2 rings (SSSR count). The number of carbonyl (C=O) groups excluding carboxylic acids is 4. The third-order valence-corrected chi connectivity index (χ3v) is 6.10. The third-order valence-electron chi connectivity index (χ3n) is 6.10. The number of nitrogens with two attached hydrogens (primary N) is 1. The van der Waals surface area contributed by atoms with Gasteiger partial charge < -0.3 is 42.3 Å². The van der Waals surface area contributed by atoms with Crippen LogP contribution in [0, 0.1) is 0 Å². The Labute approximate surface area is 237 Å². The van der Waals surface area contributed by atoms with E-state index >= 15 is 0 Å². The fourth-order valence-corrected chi connectivity index (χ4v) is 3.85. The van der Waals surface area contributed by atoms with E-state index in [4.69, 9.17) is 10.8 Å². The van der Waals surface area contributed by atoms with Crippen LogP contribution in [-0.2, 0) is 36.8 Å². The van der Waals surface area contributed by atoms with E-state index in [-0.39, 0.29) is 12.8 Å². The maximum absolute atomic E-state index is 13.0. The van der Waals surface area contributed by atoms with Crippen molar-refractivity contribution >= 4 is 29.6 Å². The van der Waals surface area contributed by atoms with E-state index in [1.54, 1.807) is 30.3 Å². The zero-order valence-corrected chi connectivity index (χ0v) is 22.8. The van der Waals surface area contributed by atoms with E-state index in [1.807, 2.05) is 30.3 Å². The molecular weight excluding hydrogens is 534 g/mol. The molecule has 0 saturated heterocycles. The molecule has 222 valence electrons. The van der Waals surface area contributed by atoms with Crippen LogP contribution in [-0.4, -0.2) is 87.8 Å². The Morgan fingerprint density at radius 2 is 1.22 bits per heavy atom. The Hall–Kier alpha value is -4.33. The van der Waals surface area contributed by atoms with Crippen molar-refractivity contribution in [2.75, 3.05) is 6.54 Å². The van der Waals surface area contributed by atoms with E-state index in [9.17, 15) is 34.2 Å². The molecule has 6 atom stereocenters. The van der Waals surface area contributed by atoms with Crippen molar-refractivity contribution in [3.8, 4) is 0 Å². The van der Waals surface area contributed by atoms with Crippen LogP contribution < -0.4 is 27.0 Å². The van der Waals surface area contributed by atoms with E-state index in [2.05, 4.69) is 21.3 Å². The van der Waals surface area contributed by atoms with Crippen LogP contribution in [0.5, 0.6) is 0 Å². The van der Waals surface area contributed by atoms with Gasteiger partial charge in [-0.05, 0) is 31.4 Å². The van der Waals surface area contributed by atoms with Crippen molar-refractivity contribution in [1.29, 1.82) is 0 Å². The maximum Gasteiger partial charge on any atom is 0.328 e. The zero-order chi connectivity index (χ0) is 30.5. The Morgan fingerprint density at radius 1 is 0.707 bits per heavy atom. The molecule has 0 radical (unpaired) electrons. The second kappa shape index (κ2) is 16.1. The SMILES string of the molecule is C[C@H](O)[C@@H](NC(=O)[C@H](NC(=O)CNC(=O)[C@@H](Cc1ccccc1)NC(=O)[C@H](N)Cc1ccccc1)[C@H](C)O)C(=O)O. The number of hydrogen-bond acceptors (Lipinski definition) is 8. The summed E-state index contributed by atoms with van der Waals surface area (Å²) in [7, 11) is 0. The summed E-state index contributed by atoms with van der Waals surface area (Å²) in [6, 6.07) is 12.7. The van der Waals surface area contributed by atoms with Crippen molar-refractivity contribution in [3.63, 3.8) is 0 Å². The fraction of sp³-hybridized carbons (Fsp3) is 0.393. The summed E-state index contributed by atoms with van der Waals surface area (Å²) < 4.78 is 0. The van der Waals surface area contributed by atoms with Gasteiger partial charge in [-0.25, -0.2) is 4.79 Å². The van der Waals surface area contributed by atoms with E-state index in [0.29, 0.717) is 0 Å². The van der Waals surface area contributed by atoms with Gasteiger partial charge in [0.25, 0.3) is 0 Å². The molecule has 2 aromatic rings. The van der Waals surface area contributed by atoms with Crippen molar-refractivity contribution in [2.24, 2.45) is 5.73 Å². The number of rotatable bonds is 15. The van der Waals surface area contributed by atoms with Gasteiger partial charge in [-0.1, -0.05) is 60.7 Å². The number of aliphatic hydroxyl groups is 2. The summed E-state index contributed by atoms with van der Waals surface area (Å²) in [5.74, 6) is -4.68. The van der Waals surface area contributed by atoms with Gasteiger partial charge in [-0.2, -0.15) is 0 Å². The lowest BCUT2D eigenvalue weighted by atomic mass is 10.0. The Morgan fingerprint density at radius 3 is 1.71 bits per heavy atom. The molecule has 0 aliphatic rings. The molecule has 2 aromatic carbocycles. The summed E-state index contributed by atoms with van der Waals surface area (Å²) in [4.78, 5) is 62.2. The van der Waals surface area contributed by atoms with Crippen LogP contribution in [0.15, 0.2) is 60.7 Å². The molecule has 0 spiro atoms. The van der Waals surface area contributed by atoms with Crippen LogP contribution in [0.4, 0.5) is 0 Å². The predicted molar refractivity (Wildman–Crippen MR) is 148 cm³/mol. The lowest BCUT2D eigenvalue weighted by molar-refractivity contribution is -0.145. The molecule has 4 amide bonds. The standard InChI is InChI=1S/C28H37N5O8/c1-16(34)23(27(39)33-24(17(2)35)28(40)41)32-22(36)15-30-26(38)21(14-19-11-7-4-8-12-19)31-25(37)20(29)13-18-9-5-3-6-10-18/h3-12,16-17,20-21,23-24,34-35H,13-15,29H2,1-2H3,(H,30,38)(H,31,37)(H,32,36)(H,33,39)(H,40,41)/t16-,17-,20+,21+,23+,24+/m0/s1. The largest absolute Gasteiger partial charge is 0.480 e. The molecule has 41 heavy (non-hydrogen) atoms. The highest BCUT2D eigenvalue weighted by Gasteiger charge is 2.32. The summed E-state index contributed by atoms with van der Waals surface area (Å²) in [5.41, 5.74) is 7.66. The lowest BCUT2D eigenvalue weighted by Gasteiger charge is -2.25. The third kappa shape index (κ3) is 11.0. The topological polar surface area (TPSA) is 220 Å². The van der Waals surface area contributed by atoms with E-state index < -0.39 is 72.5 Å². The first-order valence-electron chi connectivity index (χ1n) is 13.0. The first-order chi connectivity index (χ1) is 19.4. The van der Waals surface area contributed by atoms with Gasteiger partial charge in [-0.15, -0.1) is 0 Å². The summed E-state index contributed by atoms with van der Waals surface area (Å²) >= 11 is 0. The number of benzene rings is 2. The molecular formula is C28H37N5O8. The number of carboxylic acids is 1. The first kappa shape index (κ1) is 32.9. The number of aliphatic carboxylic acids is 1. The van der Waals surface area contributed by atoms with Crippen molar-refractivity contribution < 1.29 is 39.3 Å². The molecule has 9 N–H and O–H groups in total. The van der Waals surface area contributed by atoms with Crippen LogP contribution in [0.3, 0.4) is 0 Å². The lowest BCUT2D eigenvalue weighted by Crippen LogP contribution is -2.59. The number of hydrogen-bond donors (Lipinski definition) is 8. The zero-order valence-electron chi connectivity index (χ0n) is 22.8. The number of carbonyl (C=O) groups is 5. The van der Waals surface area contributed by atoms with Gasteiger partial charge in [-0.3, -0.25) is 19.2 Å². The summed E-state index contributed by atoms with van der Waals surface area (Å²) in [5, 5.41) is 38.0. The normalized spacial score (nSPS) is 15.2. The molecule has 0 aliphatic carbocycles. The molecule has 0 saturated carbocycles. The number of amides is 4. The van der Waals surface area contributed by atoms with Crippen molar-refractivity contribution in [3.05, 3.63) is 71.8 Å². The summed E-state index contributed by atoms with van der Waals surface area (Å²) in [6.07, 6.45) is -2.53. The average molecular weight is 572 g/mol. The first-order valence-corrected chi connectivity index (χ1v) is 13.0. The van der Waals surface area contributed by atoms with Gasteiger partial charge in [0.2, 0.25) is 23.6 Å². The Bertz CT molecular complexity index is 1180. The van der Waals surface area contributed by atoms with Gasteiger partial charge in [0.1, 0.15) is 12.1 Å². The Balaban J connectivity index is 2.04. The van der Waals surface area contributed by atoms with Crippen LogP contribution >= 0.6 is 0 Å². The minimum atomic E-state index is -1.67. The minimum absolute atomic E-state index is 0.104. The number of carboxylic acid groups (broad SMARTS) is 1. The highest BCUT2D eigenvalue weighted by Crippen LogP contribution is 2.06. The van der Waals surface area contributed by atoms with Crippen LogP contribution in [0.25, 0.3) is 0 Å². The van der Waals surface area contributed by atoms with Gasteiger partial charge >= 0.3 is 5.97 Å². The highest BCUT2D eigenvalue weighted by molar-refractivity contribution is 5.94. The monoisotopic (exact) mass is 571 g/mol. The van der Waals surface area contributed by atoms with Crippen LogP contribution in [0.2, 0.25) is 0 Å². The second-order valence-corrected chi connectivity index (χ2v) is 9.62. The van der Waals surface area contributed by atoms with Crippen molar-refractivity contribution in [1.82, 2.24) is 21.3 Å². The van der Waals surface area contributed by atoms with E-state index in [1.165, 1.54) is 6.92 Å².